The van der Waals surface area contributed by atoms with Crippen LogP contribution in [0.1, 0.15) is 19.4 Å². The summed E-state index contributed by atoms with van der Waals surface area (Å²) in [4.78, 5) is 11.6. The highest BCUT2D eigenvalue weighted by Crippen LogP contribution is 2.10. The van der Waals surface area contributed by atoms with Gasteiger partial charge in [0.05, 0.1) is 5.25 Å². The molecule has 0 radical (unpaired) electrons. The maximum atomic E-state index is 13.2. The zero-order valence-corrected chi connectivity index (χ0v) is 10.3. The molecule has 2 nitrogen and oxygen atoms in total. The number of thiol groups is 1. The van der Waals surface area contributed by atoms with Crippen molar-refractivity contribution >= 4 is 18.5 Å². The van der Waals surface area contributed by atoms with Crippen LogP contribution in [0.2, 0.25) is 0 Å². The van der Waals surface area contributed by atoms with Crippen molar-refractivity contribution in [3.63, 3.8) is 0 Å². The predicted octanol–water partition coefficient (Wildman–Crippen LogP) is 2.40. The fraction of sp³-hybridized carbons (Fsp3) is 0.417. The van der Waals surface area contributed by atoms with E-state index in [1.54, 1.807) is 18.2 Å². The molecule has 1 aromatic carbocycles. The van der Waals surface area contributed by atoms with Crippen LogP contribution >= 0.6 is 12.6 Å². The van der Waals surface area contributed by atoms with Gasteiger partial charge in [0.1, 0.15) is 5.82 Å². The number of rotatable bonds is 4. The van der Waals surface area contributed by atoms with Gasteiger partial charge in [-0.1, -0.05) is 32.0 Å². The molecular weight excluding hydrogens is 225 g/mol. The summed E-state index contributed by atoms with van der Waals surface area (Å²) in [6.45, 7) is 4.04. The first kappa shape index (κ1) is 13.0. The van der Waals surface area contributed by atoms with E-state index in [1.807, 2.05) is 13.8 Å². The predicted molar refractivity (Wildman–Crippen MR) is 65.9 cm³/mol. The average molecular weight is 241 g/mol. The Bertz CT molecular complexity index is 368. The van der Waals surface area contributed by atoms with Crippen LogP contribution in [0.15, 0.2) is 24.3 Å². The summed E-state index contributed by atoms with van der Waals surface area (Å²) in [6.07, 6.45) is 0. The number of nitrogens with one attached hydrogen (secondary N) is 1. The highest BCUT2D eigenvalue weighted by molar-refractivity contribution is 7.81. The number of benzene rings is 1. The lowest BCUT2D eigenvalue weighted by Crippen LogP contribution is -2.34. The fourth-order valence-corrected chi connectivity index (χ4v) is 1.32. The lowest BCUT2D eigenvalue weighted by atomic mass is 10.1. The van der Waals surface area contributed by atoms with E-state index in [4.69, 9.17) is 0 Å². The van der Waals surface area contributed by atoms with Crippen molar-refractivity contribution in [3.8, 4) is 0 Å². The molecule has 0 aliphatic carbocycles. The molecule has 0 fully saturated rings. The van der Waals surface area contributed by atoms with Crippen molar-refractivity contribution in [3.05, 3.63) is 35.6 Å². The van der Waals surface area contributed by atoms with Crippen molar-refractivity contribution in [1.82, 2.24) is 5.32 Å². The first-order valence-corrected chi connectivity index (χ1v) is 5.73. The molecule has 1 atom stereocenters. The van der Waals surface area contributed by atoms with Crippen molar-refractivity contribution in [2.24, 2.45) is 5.92 Å². The Morgan fingerprint density at radius 3 is 2.62 bits per heavy atom. The highest BCUT2D eigenvalue weighted by atomic mass is 32.1. The Balaban J connectivity index is 2.52. The van der Waals surface area contributed by atoms with E-state index in [0.29, 0.717) is 5.56 Å². The highest BCUT2D eigenvalue weighted by Gasteiger charge is 2.17. The minimum Gasteiger partial charge on any atom is -0.351 e. The average Bonchev–Trinajstić information content (AvgIpc) is 2.26. The van der Waals surface area contributed by atoms with Crippen LogP contribution in [0.25, 0.3) is 0 Å². The van der Waals surface area contributed by atoms with Gasteiger partial charge >= 0.3 is 0 Å². The van der Waals surface area contributed by atoms with Gasteiger partial charge in [0, 0.05) is 12.1 Å². The van der Waals surface area contributed by atoms with Gasteiger partial charge < -0.3 is 5.32 Å². The molecule has 1 unspecified atom stereocenters. The van der Waals surface area contributed by atoms with Gasteiger partial charge in [-0.3, -0.25) is 4.79 Å². The van der Waals surface area contributed by atoms with Crippen LogP contribution in [0.4, 0.5) is 4.39 Å². The van der Waals surface area contributed by atoms with Crippen LogP contribution < -0.4 is 5.32 Å². The first-order chi connectivity index (χ1) is 7.52. The standard InChI is InChI=1S/C12H16FNOS/c1-8(2)11(16)12(15)14-7-9-5-3-4-6-10(9)13/h3-6,8,11,16H,7H2,1-2H3,(H,14,15). The van der Waals surface area contributed by atoms with Crippen molar-refractivity contribution in [2.45, 2.75) is 25.6 Å². The minimum absolute atomic E-state index is 0.156. The van der Waals surface area contributed by atoms with Gasteiger partial charge in [-0.2, -0.15) is 12.6 Å². The van der Waals surface area contributed by atoms with E-state index in [2.05, 4.69) is 17.9 Å². The van der Waals surface area contributed by atoms with Crippen molar-refractivity contribution in [1.29, 1.82) is 0 Å². The summed E-state index contributed by atoms with van der Waals surface area (Å²) >= 11 is 4.19. The lowest BCUT2D eigenvalue weighted by molar-refractivity contribution is -0.121. The van der Waals surface area contributed by atoms with Gasteiger partial charge in [0.2, 0.25) is 5.91 Å². The SMILES string of the molecule is CC(C)C(S)C(=O)NCc1ccccc1F. The normalized spacial score (nSPS) is 12.6. The molecule has 0 spiro atoms. The molecule has 0 heterocycles. The van der Waals surface area contributed by atoms with E-state index >= 15 is 0 Å². The van der Waals surface area contributed by atoms with Crippen molar-refractivity contribution in [2.75, 3.05) is 0 Å². The quantitative estimate of drug-likeness (QED) is 0.779. The number of halogens is 1. The van der Waals surface area contributed by atoms with E-state index in [1.165, 1.54) is 6.07 Å². The zero-order chi connectivity index (χ0) is 12.1. The summed E-state index contributed by atoms with van der Waals surface area (Å²) in [7, 11) is 0. The second-order valence-electron chi connectivity index (χ2n) is 4.00. The molecule has 0 bridgehead atoms. The Hall–Kier alpha value is -1.03. The fourth-order valence-electron chi connectivity index (χ4n) is 1.23. The largest absolute Gasteiger partial charge is 0.351 e. The van der Waals surface area contributed by atoms with Crippen LogP contribution in [-0.4, -0.2) is 11.2 Å². The lowest BCUT2D eigenvalue weighted by Gasteiger charge is -2.14. The summed E-state index contributed by atoms with van der Waals surface area (Å²) < 4.78 is 13.2. The van der Waals surface area contributed by atoms with E-state index in [-0.39, 0.29) is 29.4 Å². The number of amides is 1. The smallest absolute Gasteiger partial charge is 0.233 e. The van der Waals surface area contributed by atoms with E-state index < -0.39 is 0 Å². The molecule has 16 heavy (non-hydrogen) atoms. The van der Waals surface area contributed by atoms with Gasteiger partial charge in [-0.05, 0) is 12.0 Å². The topological polar surface area (TPSA) is 29.1 Å². The van der Waals surface area contributed by atoms with Gasteiger partial charge in [0.15, 0.2) is 0 Å². The van der Waals surface area contributed by atoms with E-state index in [0.717, 1.165) is 0 Å². The first-order valence-electron chi connectivity index (χ1n) is 5.21. The van der Waals surface area contributed by atoms with Crippen LogP contribution in [0, 0.1) is 11.7 Å². The Morgan fingerprint density at radius 2 is 2.06 bits per heavy atom. The molecule has 0 aliphatic rings. The molecule has 1 N–H and O–H groups in total. The van der Waals surface area contributed by atoms with Gasteiger partial charge in [-0.25, -0.2) is 4.39 Å². The summed E-state index contributed by atoms with van der Waals surface area (Å²) in [5.41, 5.74) is 0.486. The third kappa shape index (κ3) is 3.52. The molecule has 0 saturated carbocycles. The molecule has 1 amide bonds. The second kappa shape index (κ2) is 5.89. The summed E-state index contributed by atoms with van der Waals surface area (Å²) in [5, 5.41) is 2.31. The van der Waals surface area contributed by atoms with Crippen molar-refractivity contribution < 1.29 is 9.18 Å². The maximum absolute atomic E-state index is 13.2. The molecule has 1 aromatic rings. The maximum Gasteiger partial charge on any atom is 0.233 e. The van der Waals surface area contributed by atoms with Crippen LogP contribution in [-0.2, 0) is 11.3 Å². The number of hydrogen-bond acceptors (Lipinski definition) is 2. The van der Waals surface area contributed by atoms with Gasteiger partial charge in [-0.15, -0.1) is 0 Å². The minimum atomic E-state index is -0.355. The summed E-state index contributed by atoms with van der Waals surface area (Å²) in [6, 6.07) is 6.39. The second-order valence-corrected chi connectivity index (χ2v) is 4.55. The number of carbonyl (C=O) groups is 1. The molecule has 0 aromatic heterocycles. The molecule has 88 valence electrons. The third-order valence-electron chi connectivity index (χ3n) is 2.31. The zero-order valence-electron chi connectivity index (χ0n) is 9.40. The van der Waals surface area contributed by atoms with Crippen LogP contribution in [0.3, 0.4) is 0 Å². The monoisotopic (exact) mass is 241 g/mol. The number of hydrogen-bond donors (Lipinski definition) is 2. The third-order valence-corrected chi connectivity index (χ3v) is 3.14. The molecular formula is C12H16FNOS. The van der Waals surface area contributed by atoms with Crippen LogP contribution in [0.5, 0.6) is 0 Å². The Morgan fingerprint density at radius 1 is 1.44 bits per heavy atom. The Labute approximate surface area is 101 Å². The molecule has 1 rings (SSSR count). The van der Waals surface area contributed by atoms with Gasteiger partial charge in [0.25, 0.3) is 0 Å². The molecule has 4 heteroatoms. The molecule has 0 saturated heterocycles. The Kier molecular flexibility index (Phi) is 4.80. The number of carbonyl (C=O) groups excluding carboxylic acids is 1. The molecule has 0 aliphatic heterocycles. The summed E-state index contributed by atoms with van der Waals surface area (Å²) in [5.74, 6) is -0.311. The van der Waals surface area contributed by atoms with E-state index in [9.17, 15) is 9.18 Å².